The second-order valence-corrected chi connectivity index (χ2v) is 6.16. The van der Waals surface area contributed by atoms with E-state index in [9.17, 15) is 13.2 Å². The van der Waals surface area contributed by atoms with Crippen molar-refractivity contribution in [2.24, 2.45) is 16.8 Å². The SMILES string of the molecule is CN=C(NCCOCC(F)(F)F)N1CC2C3CCC(O3)C2C1.I. The molecule has 5 nitrogen and oxygen atoms in total. The van der Waals surface area contributed by atoms with E-state index in [1.165, 1.54) is 0 Å². The summed E-state index contributed by atoms with van der Waals surface area (Å²) in [6.07, 6.45) is -1.21. The van der Waals surface area contributed by atoms with Crippen molar-refractivity contribution in [2.75, 3.05) is 39.9 Å². The highest BCUT2D eigenvalue weighted by atomic mass is 127. The number of hydrogen-bond acceptors (Lipinski definition) is 3. The van der Waals surface area contributed by atoms with Crippen LogP contribution in [0.25, 0.3) is 0 Å². The molecule has 3 rings (SSSR count). The Labute approximate surface area is 151 Å². The third-order valence-corrected chi connectivity index (χ3v) is 4.76. The van der Waals surface area contributed by atoms with Gasteiger partial charge in [-0.15, -0.1) is 24.0 Å². The van der Waals surface area contributed by atoms with E-state index in [4.69, 9.17) is 4.74 Å². The smallest absolute Gasteiger partial charge is 0.374 e. The van der Waals surface area contributed by atoms with Crippen LogP contribution in [-0.4, -0.2) is 69.1 Å². The van der Waals surface area contributed by atoms with Crippen LogP contribution in [0.3, 0.4) is 0 Å². The first-order valence-electron chi connectivity index (χ1n) is 7.73. The first-order chi connectivity index (χ1) is 10.5. The predicted molar refractivity (Wildman–Crippen MR) is 90.1 cm³/mol. The number of aliphatic imine (C=N–C) groups is 1. The molecule has 3 heterocycles. The van der Waals surface area contributed by atoms with Gasteiger partial charge in [-0.2, -0.15) is 13.2 Å². The van der Waals surface area contributed by atoms with Crippen molar-refractivity contribution in [3.8, 4) is 0 Å². The van der Waals surface area contributed by atoms with Gasteiger partial charge < -0.3 is 19.7 Å². The summed E-state index contributed by atoms with van der Waals surface area (Å²) in [5.41, 5.74) is 0. The summed E-state index contributed by atoms with van der Waals surface area (Å²) in [5.74, 6) is 1.88. The molecule has 23 heavy (non-hydrogen) atoms. The molecule has 3 aliphatic heterocycles. The number of alkyl halides is 3. The fourth-order valence-electron chi connectivity index (χ4n) is 3.89. The minimum atomic E-state index is -4.27. The van der Waals surface area contributed by atoms with Crippen LogP contribution < -0.4 is 5.32 Å². The Hall–Kier alpha value is -0.290. The van der Waals surface area contributed by atoms with E-state index in [2.05, 4.69) is 19.9 Å². The van der Waals surface area contributed by atoms with Gasteiger partial charge in [-0.1, -0.05) is 0 Å². The van der Waals surface area contributed by atoms with Gasteiger partial charge in [0.1, 0.15) is 6.61 Å². The standard InChI is InChI=1S/C14H22F3N3O2.HI/c1-18-13(19-4-5-21-8-14(15,16)17)20-6-9-10(7-20)12-3-2-11(9)22-12;/h9-12H,2-8H2,1H3,(H,18,19);1H. The molecule has 0 aromatic carbocycles. The van der Waals surface area contributed by atoms with Crippen molar-refractivity contribution in [3.63, 3.8) is 0 Å². The molecule has 0 aromatic heterocycles. The Morgan fingerprint density at radius 2 is 1.87 bits per heavy atom. The van der Waals surface area contributed by atoms with Gasteiger partial charge in [0, 0.05) is 38.5 Å². The van der Waals surface area contributed by atoms with E-state index >= 15 is 0 Å². The van der Waals surface area contributed by atoms with Crippen molar-refractivity contribution in [3.05, 3.63) is 0 Å². The lowest BCUT2D eigenvalue weighted by Gasteiger charge is -2.23. The molecule has 3 saturated heterocycles. The Morgan fingerprint density at radius 1 is 1.26 bits per heavy atom. The first-order valence-corrected chi connectivity index (χ1v) is 7.73. The predicted octanol–water partition coefficient (Wildman–Crippen LogP) is 1.87. The lowest BCUT2D eigenvalue weighted by molar-refractivity contribution is -0.173. The molecule has 4 unspecified atom stereocenters. The lowest BCUT2D eigenvalue weighted by Crippen LogP contribution is -2.42. The Morgan fingerprint density at radius 3 is 2.39 bits per heavy atom. The molecule has 0 radical (unpaired) electrons. The van der Waals surface area contributed by atoms with E-state index in [0.717, 1.165) is 31.9 Å². The van der Waals surface area contributed by atoms with Crippen LogP contribution in [0, 0.1) is 11.8 Å². The molecule has 0 aliphatic carbocycles. The van der Waals surface area contributed by atoms with Gasteiger partial charge in [-0.25, -0.2) is 0 Å². The molecular weight excluding hydrogens is 426 g/mol. The molecule has 1 N–H and O–H groups in total. The maximum absolute atomic E-state index is 12.0. The summed E-state index contributed by atoms with van der Waals surface area (Å²) in [6.45, 7) is 0.942. The maximum atomic E-state index is 12.0. The van der Waals surface area contributed by atoms with Crippen LogP contribution in [-0.2, 0) is 9.47 Å². The average molecular weight is 449 g/mol. The molecule has 0 saturated carbocycles. The highest BCUT2D eigenvalue weighted by Crippen LogP contribution is 2.47. The third kappa shape index (κ3) is 4.41. The van der Waals surface area contributed by atoms with Crippen LogP contribution >= 0.6 is 24.0 Å². The van der Waals surface area contributed by atoms with E-state index in [-0.39, 0.29) is 30.6 Å². The third-order valence-electron chi connectivity index (χ3n) is 4.76. The van der Waals surface area contributed by atoms with Crippen LogP contribution in [0.1, 0.15) is 12.8 Å². The Bertz CT molecular complexity index is 418. The van der Waals surface area contributed by atoms with Crippen LogP contribution in [0.5, 0.6) is 0 Å². The Kier molecular flexibility index (Phi) is 6.40. The molecule has 9 heteroatoms. The molecule has 3 fully saturated rings. The Balaban J connectivity index is 0.00000192. The van der Waals surface area contributed by atoms with Gasteiger partial charge in [0.2, 0.25) is 0 Å². The van der Waals surface area contributed by atoms with Gasteiger partial charge in [-0.3, -0.25) is 4.99 Å². The quantitative estimate of drug-likeness (QED) is 0.308. The molecule has 0 spiro atoms. The largest absolute Gasteiger partial charge is 0.411 e. The van der Waals surface area contributed by atoms with E-state index in [1.54, 1.807) is 7.05 Å². The van der Waals surface area contributed by atoms with E-state index in [0.29, 0.717) is 30.6 Å². The fraction of sp³-hybridized carbons (Fsp3) is 0.929. The minimum Gasteiger partial charge on any atom is -0.374 e. The van der Waals surface area contributed by atoms with E-state index in [1.807, 2.05) is 0 Å². The van der Waals surface area contributed by atoms with Gasteiger partial charge >= 0.3 is 6.18 Å². The zero-order chi connectivity index (χ0) is 15.7. The summed E-state index contributed by atoms with van der Waals surface area (Å²) < 4.78 is 46.5. The molecule has 134 valence electrons. The number of rotatable bonds is 4. The van der Waals surface area contributed by atoms with Crippen LogP contribution in [0.4, 0.5) is 13.2 Å². The summed E-state index contributed by atoms with van der Waals surface area (Å²) >= 11 is 0. The topological polar surface area (TPSA) is 46.1 Å². The van der Waals surface area contributed by atoms with Crippen molar-refractivity contribution in [1.82, 2.24) is 10.2 Å². The molecular formula is C14H23F3IN3O2. The summed E-state index contributed by atoms with van der Waals surface area (Å²) in [7, 11) is 1.69. The highest BCUT2D eigenvalue weighted by molar-refractivity contribution is 14.0. The number of fused-ring (bicyclic) bond motifs is 5. The molecule has 4 atom stereocenters. The molecule has 0 aromatic rings. The number of nitrogens with one attached hydrogen (secondary N) is 1. The summed E-state index contributed by atoms with van der Waals surface area (Å²) in [5, 5.41) is 3.08. The molecule has 2 bridgehead atoms. The van der Waals surface area contributed by atoms with Crippen molar-refractivity contribution < 1.29 is 22.6 Å². The number of guanidine groups is 1. The zero-order valence-corrected chi connectivity index (χ0v) is 15.3. The second-order valence-electron chi connectivity index (χ2n) is 6.16. The summed E-state index contributed by atoms with van der Waals surface area (Å²) in [4.78, 5) is 6.41. The van der Waals surface area contributed by atoms with Gasteiger partial charge in [0.15, 0.2) is 5.96 Å². The van der Waals surface area contributed by atoms with Gasteiger partial charge in [-0.05, 0) is 12.8 Å². The van der Waals surface area contributed by atoms with Crippen molar-refractivity contribution >= 4 is 29.9 Å². The van der Waals surface area contributed by atoms with Crippen molar-refractivity contribution in [2.45, 2.75) is 31.2 Å². The van der Waals surface area contributed by atoms with Gasteiger partial charge in [0.25, 0.3) is 0 Å². The average Bonchev–Trinajstić information content (AvgIpc) is 3.12. The molecule has 0 amide bonds. The lowest BCUT2D eigenvalue weighted by atomic mass is 9.82. The normalized spacial score (nSPS) is 32.9. The highest BCUT2D eigenvalue weighted by Gasteiger charge is 2.53. The second kappa shape index (κ2) is 7.73. The maximum Gasteiger partial charge on any atom is 0.411 e. The molecule has 3 aliphatic rings. The number of hydrogen-bond donors (Lipinski definition) is 1. The van der Waals surface area contributed by atoms with E-state index < -0.39 is 12.8 Å². The number of nitrogens with zero attached hydrogens (tertiary/aromatic N) is 2. The number of halogens is 4. The van der Waals surface area contributed by atoms with Gasteiger partial charge in [0.05, 0.1) is 18.8 Å². The number of likely N-dealkylation sites (tertiary alicyclic amines) is 1. The first kappa shape index (κ1) is 19.0. The van der Waals surface area contributed by atoms with Crippen LogP contribution in [0.2, 0.25) is 0 Å². The zero-order valence-electron chi connectivity index (χ0n) is 13.0. The number of ether oxygens (including phenoxy) is 2. The van der Waals surface area contributed by atoms with Crippen molar-refractivity contribution in [1.29, 1.82) is 0 Å². The minimum absolute atomic E-state index is 0. The fourth-order valence-corrected chi connectivity index (χ4v) is 3.89. The summed E-state index contributed by atoms with van der Waals surface area (Å²) in [6, 6.07) is 0. The monoisotopic (exact) mass is 449 g/mol. The van der Waals surface area contributed by atoms with Crippen LogP contribution in [0.15, 0.2) is 4.99 Å².